The van der Waals surface area contributed by atoms with E-state index in [2.05, 4.69) is 39.4 Å². The van der Waals surface area contributed by atoms with Crippen LogP contribution in [0.25, 0.3) is 0 Å². The van der Waals surface area contributed by atoms with Crippen molar-refractivity contribution in [3.05, 3.63) is 16.1 Å². The molecule has 0 spiro atoms. The molecule has 6 heteroatoms. The summed E-state index contributed by atoms with van der Waals surface area (Å²) in [6.07, 6.45) is 2.49. The summed E-state index contributed by atoms with van der Waals surface area (Å²) >= 11 is 1.73. The smallest absolute Gasteiger partial charge is 0.194 e. The highest BCUT2D eigenvalue weighted by Crippen LogP contribution is 2.11. The Balaban J connectivity index is 1.88. The summed E-state index contributed by atoms with van der Waals surface area (Å²) in [5.41, 5.74) is 1.13. The van der Waals surface area contributed by atoms with E-state index < -0.39 is 0 Å². The number of thiazole rings is 1. The van der Waals surface area contributed by atoms with E-state index in [1.807, 2.05) is 0 Å². The molecule has 1 fully saturated rings. The molecule has 2 N–H and O–H groups in total. The molecule has 1 aliphatic rings. The van der Waals surface area contributed by atoms with Gasteiger partial charge in [-0.15, -0.1) is 11.3 Å². The number of aliphatic hydroxyl groups is 1. The Hall–Kier alpha value is -1.14. The summed E-state index contributed by atoms with van der Waals surface area (Å²) in [6.45, 7) is 7.34. The van der Waals surface area contributed by atoms with Crippen LogP contribution in [0.5, 0.6) is 0 Å². The van der Waals surface area contributed by atoms with E-state index >= 15 is 0 Å². The summed E-state index contributed by atoms with van der Waals surface area (Å²) in [5, 5.41) is 16.2. The van der Waals surface area contributed by atoms with Gasteiger partial charge >= 0.3 is 0 Å². The van der Waals surface area contributed by atoms with Crippen LogP contribution < -0.4 is 5.32 Å². The molecule has 1 aromatic heterocycles. The van der Waals surface area contributed by atoms with E-state index in [-0.39, 0.29) is 6.10 Å². The summed E-state index contributed by atoms with van der Waals surface area (Å²) < 4.78 is 0. The zero-order valence-electron chi connectivity index (χ0n) is 12.3. The first-order chi connectivity index (χ1) is 9.72. The average molecular weight is 296 g/mol. The second-order valence-electron chi connectivity index (χ2n) is 4.96. The van der Waals surface area contributed by atoms with Gasteiger partial charge in [-0.1, -0.05) is 6.92 Å². The minimum absolute atomic E-state index is 0.218. The average Bonchev–Trinajstić information content (AvgIpc) is 3.06. The quantitative estimate of drug-likeness (QED) is 0.635. The molecule has 2 heterocycles. The van der Waals surface area contributed by atoms with Crippen molar-refractivity contribution in [2.75, 3.05) is 26.2 Å². The van der Waals surface area contributed by atoms with Crippen molar-refractivity contribution in [1.82, 2.24) is 15.2 Å². The first kappa shape index (κ1) is 15.3. The van der Waals surface area contributed by atoms with Gasteiger partial charge in [0.1, 0.15) is 0 Å². The molecule has 0 radical (unpaired) electrons. The molecule has 0 saturated carbocycles. The lowest BCUT2D eigenvalue weighted by atomic mass is 10.3. The number of aliphatic imine (C=N–C) groups is 1. The molecule has 20 heavy (non-hydrogen) atoms. The fraction of sp³-hybridized carbons (Fsp3) is 0.714. The normalized spacial score (nSPS) is 19.6. The number of likely N-dealkylation sites (tertiary alicyclic amines) is 1. The van der Waals surface area contributed by atoms with E-state index in [4.69, 9.17) is 0 Å². The molecule has 0 amide bonds. The third-order valence-electron chi connectivity index (χ3n) is 3.33. The zero-order valence-corrected chi connectivity index (χ0v) is 13.1. The number of aryl methyl sites for hydroxylation is 1. The van der Waals surface area contributed by atoms with Crippen LogP contribution in [-0.4, -0.2) is 53.2 Å². The van der Waals surface area contributed by atoms with Gasteiger partial charge in [-0.3, -0.25) is 4.99 Å². The molecular formula is C14H24N4OS. The topological polar surface area (TPSA) is 60.8 Å². The Morgan fingerprint density at radius 2 is 2.45 bits per heavy atom. The predicted octanol–water partition coefficient (Wildman–Crippen LogP) is 1.28. The lowest BCUT2D eigenvalue weighted by Gasteiger charge is -2.20. The lowest BCUT2D eigenvalue weighted by Crippen LogP contribution is -2.40. The Kier molecular flexibility index (Phi) is 5.79. The molecule has 5 nitrogen and oxygen atoms in total. The highest BCUT2D eigenvalue weighted by Gasteiger charge is 2.22. The van der Waals surface area contributed by atoms with Crippen molar-refractivity contribution in [3.63, 3.8) is 0 Å². The zero-order chi connectivity index (χ0) is 14.4. The molecule has 0 aliphatic carbocycles. The number of aliphatic hydroxyl groups excluding tert-OH is 1. The lowest BCUT2D eigenvalue weighted by molar-refractivity contribution is 0.188. The molecule has 1 aromatic rings. The van der Waals surface area contributed by atoms with Crippen molar-refractivity contribution in [3.8, 4) is 0 Å². The van der Waals surface area contributed by atoms with Crippen LogP contribution in [0, 0.1) is 0 Å². The number of rotatable bonds is 5. The molecule has 1 atom stereocenters. The Morgan fingerprint density at radius 3 is 3.05 bits per heavy atom. The predicted molar refractivity (Wildman–Crippen MR) is 83.4 cm³/mol. The molecule has 0 unspecified atom stereocenters. The van der Waals surface area contributed by atoms with E-state index in [9.17, 15) is 5.11 Å². The number of nitrogens with zero attached hydrogens (tertiary/aromatic N) is 3. The minimum Gasteiger partial charge on any atom is -0.391 e. The standard InChI is InChI=1S/C14H24N4OS/c1-3-13-17-11(10-20-13)5-7-16-14(15-4-2)18-8-6-12(19)9-18/h10,12,19H,3-9H2,1-2H3,(H,15,16)/t12-/m1/s1. The van der Waals surface area contributed by atoms with Gasteiger partial charge in [0.25, 0.3) is 0 Å². The van der Waals surface area contributed by atoms with Crippen molar-refractivity contribution >= 4 is 17.3 Å². The molecule has 0 bridgehead atoms. The summed E-state index contributed by atoms with van der Waals surface area (Å²) in [4.78, 5) is 11.3. The van der Waals surface area contributed by atoms with Crippen molar-refractivity contribution in [1.29, 1.82) is 0 Å². The van der Waals surface area contributed by atoms with Gasteiger partial charge in [0.05, 0.1) is 16.8 Å². The van der Waals surface area contributed by atoms with Gasteiger partial charge in [-0.25, -0.2) is 4.98 Å². The van der Waals surface area contributed by atoms with E-state index in [0.29, 0.717) is 6.54 Å². The van der Waals surface area contributed by atoms with E-state index in [1.54, 1.807) is 11.3 Å². The van der Waals surface area contributed by atoms with Crippen molar-refractivity contribution in [2.24, 2.45) is 4.99 Å². The van der Waals surface area contributed by atoms with Crippen molar-refractivity contribution < 1.29 is 5.11 Å². The Labute approximate surface area is 124 Å². The summed E-state index contributed by atoms with van der Waals surface area (Å²) in [7, 11) is 0. The van der Waals surface area contributed by atoms with E-state index in [0.717, 1.165) is 50.6 Å². The number of aromatic nitrogens is 1. The molecule has 112 valence electrons. The van der Waals surface area contributed by atoms with Gasteiger partial charge in [-0.05, 0) is 19.8 Å². The molecular weight excluding hydrogens is 272 g/mol. The number of guanidine groups is 1. The van der Waals surface area contributed by atoms with Gasteiger partial charge < -0.3 is 15.3 Å². The number of hydrogen-bond acceptors (Lipinski definition) is 4. The summed E-state index contributed by atoms with van der Waals surface area (Å²) in [6, 6.07) is 0. The van der Waals surface area contributed by atoms with Gasteiger partial charge in [0, 0.05) is 38.0 Å². The van der Waals surface area contributed by atoms with Gasteiger partial charge in [0.2, 0.25) is 0 Å². The van der Waals surface area contributed by atoms with Crippen LogP contribution in [-0.2, 0) is 12.8 Å². The van der Waals surface area contributed by atoms with Crippen LogP contribution in [0.3, 0.4) is 0 Å². The second kappa shape index (κ2) is 7.59. The van der Waals surface area contributed by atoms with Crippen LogP contribution in [0.1, 0.15) is 31.0 Å². The molecule has 0 aromatic carbocycles. The fourth-order valence-corrected chi connectivity index (χ4v) is 3.04. The molecule has 2 rings (SSSR count). The van der Waals surface area contributed by atoms with Crippen LogP contribution in [0.4, 0.5) is 0 Å². The Bertz CT molecular complexity index is 446. The summed E-state index contributed by atoms with van der Waals surface area (Å²) in [5.74, 6) is 0.912. The first-order valence-corrected chi connectivity index (χ1v) is 8.25. The number of hydrogen-bond donors (Lipinski definition) is 2. The van der Waals surface area contributed by atoms with E-state index in [1.165, 1.54) is 5.01 Å². The largest absolute Gasteiger partial charge is 0.391 e. The third kappa shape index (κ3) is 4.18. The Morgan fingerprint density at radius 1 is 1.60 bits per heavy atom. The maximum atomic E-state index is 9.62. The van der Waals surface area contributed by atoms with Crippen LogP contribution in [0.2, 0.25) is 0 Å². The first-order valence-electron chi connectivity index (χ1n) is 7.37. The third-order valence-corrected chi connectivity index (χ3v) is 4.37. The maximum absolute atomic E-state index is 9.62. The monoisotopic (exact) mass is 296 g/mol. The molecule has 1 saturated heterocycles. The second-order valence-corrected chi connectivity index (χ2v) is 5.90. The van der Waals surface area contributed by atoms with Crippen LogP contribution >= 0.6 is 11.3 Å². The number of nitrogens with one attached hydrogen (secondary N) is 1. The van der Waals surface area contributed by atoms with Gasteiger partial charge in [0.15, 0.2) is 5.96 Å². The number of β-amino-alcohol motifs (C(OH)–C–C–N with tert-alkyl or cyclic N) is 1. The SMILES string of the molecule is CCNC(=NCCc1csc(CC)n1)N1CC[C@@H](O)C1. The molecule has 1 aliphatic heterocycles. The minimum atomic E-state index is -0.218. The highest BCUT2D eigenvalue weighted by atomic mass is 32.1. The fourth-order valence-electron chi connectivity index (χ4n) is 2.26. The highest BCUT2D eigenvalue weighted by molar-refractivity contribution is 7.09. The van der Waals surface area contributed by atoms with Crippen LogP contribution in [0.15, 0.2) is 10.4 Å². The van der Waals surface area contributed by atoms with Crippen molar-refractivity contribution in [2.45, 2.75) is 39.2 Å². The van der Waals surface area contributed by atoms with Gasteiger partial charge in [-0.2, -0.15) is 0 Å². The maximum Gasteiger partial charge on any atom is 0.194 e.